The highest BCUT2D eigenvalue weighted by atomic mass is 32.1. The third kappa shape index (κ3) is 2.71. The van der Waals surface area contributed by atoms with E-state index in [0.29, 0.717) is 11.5 Å². The number of alkyl halides is 3. The summed E-state index contributed by atoms with van der Waals surface area (Å²) in [6.07, 6.45) is -4.67. The van der Waals surface area contributed by atoms with Gasteiger partial charge in [0.2, 0.25) is 0 Å². The molecular formula is C4H3F3N2OS. The standard InChI is InChI=1S/C4H3F3N2OS/c1-2-8-3(11-9-2)10-4(5,6)7/h1H3. The monoisotopic (exact) mass is 184 g/mol. The Kier molecular flexibility index (Phi) is 1.99. The summed E-state index contributed by atoms with van der Waals surface area (Å²) in [4.78, 5) is 3.36. The first-order chi connectivity index (χ1) is 4.97. The van der Waals surface area contributed by atoms with Crippen LogP contribution in [0.1, 0.15) is 5.82 Å². The van der Waals surface area contributed by atoms with Crippen LogP contribution in [0.4, 0.5) is 13.2 Å². The molecule has 1 rings (SSSR count). The molecule has 0 amide bonds. The van der Waals surface area contributed by atoms with Gasteiger partial charge in [-0.2, -0.15) is 9.36 Å². The van der Waals surface area contributed by atoms with Crippen molar-refractivity contribution in [3.8, 4) is 5.19 Å². The third-order valence-corrected chi connectivity index (χ3v) is 1.40. The Morgan fingerprint density at radius 3 is 2.45 bits per heavy atom. The Morgan fingerprint density at radius 2 is 2.09 bits per heavy atom. The summed E-state index contributed by atoms with van der Waals surface area (Å²) in [5, 5.41) is -0.477. The molecule has 0 radical (unpaired) electrons. The van der Waals surface area contributed by atoms with Crippen LogP contribution in [0.2, 0.25) is 0 Å². The van der Waals surface area contributed by atoms with Crippen molar-refractivity contribution in [1.82, 2.24) is 9.36 Å². The van der Waals surface area contributed by atoms with Crippen LogP contribution in [0.3, 0.4) is 0 Å². The lowest BCUT2D eigenvalue weighted by molar-refractivity contribution is -0.274. The van der Waals surface area contributed by atoms with E-state index in [2.05, 4.69) is 14.1 Å². The number of rotatable bonds is 1. The van der Waals surface area contributed by atoms with Crippen LogP contribution in [-0.4, -0.2) is 15.7 Å². The van der Waals surface area contributed by atoms with Crippen molar-refractivity contribution in [2.24, 2.45) is 0 Å². The molecule has 0 saturated carbocycles. The number of hydrogen-bond donors (Lipinski definition) is 0. The number of halogens is 3. The van der Waals surface area contributed by atoms with Crippen LogP contribution >= 0.6 is 11.5 Å². The van der Waals surface area contributed by atoms with Gasteiger partial charge in [-0.15, -0.1) is 13.2 Å². The van der Waals surface area contributed by atoms with E-state index in [1.807, 2.05) is 0 Å². The molecule has 1 aromatic rings. The largest absolute Gasteiger partial charge is 0.574 e. The zero-order chi connectivity index (χ0) is 8.48. The van der Waals surface area contributed by atoms with Gasteiger partial charge in [-0.3, -0.25) is 0 Å². The fraction of sp³-hybridized carbons (Fsp3) is 0.500. The maximum atomic E-state index is 11.5. The highest BCUT2D eigenvalue weighted by molar-refractivity contribution is 7.07. The molecule has 0 aromatic carbocycles. The minimum absolute atomic E-state index is 0.272. The molecule has 3 nitrogen and oxygen atoms in total. The van der Waals surface area contributed by atoms with E-state index in [4.69, 9.17) is 0 Å². The normalized spacial score (nSPS) is 11.6. The second kappa shape index (κ2) is 2.65. The first-order valence-electron chi connectivity index (χ1n) is 2.53. The van der Waals surface area contributed by atoms with Crippen LogP contribution < -0.4 is 4.74 Å². The van der Waals surface area contributed by atoms with Gasteiger partial charge in [0.1, 0.15) is 5.82 Å². The van der Waals surface area contributed by atoms with Crippen LogP contribution in [0.5, 0.6) is 5.19 Å². The van der Waals surface area contributed by atoms with Gasteiger partial charge in [-0.1, -0.05) is 0 Å². The molecule has 0 unspecified atom stereocenters. The number of aromatic nitrogens is 2. The maximum Gasteiger partial charge on any atom is 0.574 e. The predicted molar refractivity (Wildman–Crippen MR) is 31.3 cm³/mol. The number of nitrogens with zero attached hydrogens (tertiary/aromatic N) is 2. The molecule has 11 heavy (non-hydrogen) atoms. The van der Waals surface area contributed by atoms with E-state index in [1.54, 1.807) is 0 Å². The van der Waals surface area contributed by atoms with Crippen LogP contribution in [0, 0.1) is 6.92 Å². The summed E-state index contributed by atoms with van der Waals surface area (Å²) in [6, 6.07) is 0. The lowest BCUT2D eigenvalue weighted by atomic mass is 10.8. The topological polar surface area (TPSA) is 35.0 Å². The summed E-state index contributed by atoms with van der Waals surface area (Å²) in [5.74, 6) is 0.272. The van der Waals surface area contributed by atoms with Crippen LogP contribution in [0.15, 0.2) is 0 Å². The zero-order valence-corrected chi connectivity index (χ0v) is 6.16. The molecule has 0 spiro atoms. The van der Waals surface area contributed by atoms with Gasteiger partial charge in [0.05, 0.1) is 0 Å². The van der Waals surface area contributed by atoms with Crippen molar-refractivity contribution in [2.75, 3.05) is 0 Å². The number of hydrogen-bond acceptors (Lipinski definition) is 4. The molecule has 0 N–H and O–H groups in total. The fourth-order valence-corrected chi connectivity index (χ4v) is 0.974. The maximum absolute atomic E-state index is 11.5. The molecule has 1 heterocycles. The minimum atomic E-state index is -4.67. The van der Waals surface area contributed by atoms with Gasteiger partial charge in [-0.25, -0.2) is 0 Å². The quantitative estimate of drug-likeness (QED) is 0.666. The molecule has 0 bridgehead atoms. The fourth-order valence-electron chi connectivity index (χ4n) is 0.418. The summed E-state index contributed by atoms with van der Waals surface area (Å²) < 4.78 is 41.4. The molecule has 0 aliphatic carbocycles. The highest BCUT2D eigenvalue weighted by Gasteiger charge is 2.32. The molecule has 62 valence electrons. The van der Waals surface area contributed by atoms with Crippen molar-refractivity contribution >= 4 is 11.5 Å². The molecule has 0 saturated heterocycles. The zero-order valence-electron chi connectivity index (χ0n) is 5.34. The second-order valence-corrected chi connectivity index (χ2v) is 2.37. The van der Waals surface area contributed by atoms with E-state index >= 15 is 0 Å². The summed E-state index contributed by atoms with van der Waals surface area (Å²) in [5.41, 5.74) is 0. The Labute approximate surface area is 64.0 Å². The van der Waals surface area contributed by atoms with E-state index in [0.717, 1.165) is 0 Å². The molecule has 0 atom stereocenters. The van der Waals surface area contributed by atoms with Crippen molar-refractivity contribution < 1.29 is 17.9 Å². The van der Waals surface area contributed by atoms with Gasteiger partial charge >= 0.3 is 6.36 Å². The average Bonchev–Trinajstić information content (AvgIpc) is 2.10. The molecule has 0 aliphatic heterocycles. The number of aryl methyl sites for hydroxylation is 1. The first-order valence-corrected chi connectivity index (χ1v) is 3.31. The van der Waals surface area contributed by atoms with Crippen molar-refractivity contribution in [3.05, 3.63) is 5.82 Å². The van der Waals surface area contributed by atoms with Crippen molar-refractivity contribution in [2.45, 2.75) is 13.3 Å². The SMILES string of the molecule is Cc1nsc(OC(F)(F)F)n1. The van der Waals surface area contributed by atoms with Gasteiger partial charge in [0.25, 0.3) is 5.19 Å². The predicted octanol–water partition coefficient (Wildman–Crippen LogP) is 1.75. The lowest BCUT2D eigenvalue weighted by Gasteiger charge is -2.02. The van der Waals surface area contributed by atoms with Gasteiger partial charge < -0.3 is 4.74 Å². The third-order valence-electron chi connectivity index (χ3n) is 0.712. The summed E-state index contributed by atoms with van der Waals surface area (Å²) >= 11 is 0.573. The van der Waals surface area contributed by atoms with Crippen molar-refractivity contribution in [3.63, 3.8) is 0 Å². The van der Waals surface area contributed by atoms with E-state index < -0.39 is 11.6 Å². The van der Waals surface area contributed by atoms with E-state index in [9.17, 15) is 13.2 Å². The Balaban J connectivity index is 2.65. The van der Waals surface area contributed by atoms with Gasteiger partial charge in [0.15, 0.2) is 0 Å². The Bertz CT molecular complexity index is 246. The second-order valence-electron chi connectivity index (χ2n) is 1.66. The average molecular weight is 184 g/mol. The molecule has 0 fully saturated rings. The first kappa shape index (κ1) is 8.25. The molecule has 7 heteroatoms. The van der Waals surface area contributed by atoms with Crippen LogP contribution in [0.25, 0.3) is 0 Å². The summed E-state index contributed by atoms with van der Waals surface area (Å²) in [6.45, 7) is 1.49. The van der Waals surface area contributed by atoms with E-state index in [-0.39, 0.29) is 5.82 Å². The van der Waals surface area contributed by atoms with Gasteiger partial charge in [0, 0.05) is 11.5 Å². The number of ether oxygens (including phenoxy) is 1. The highest BCUT2D eigenvalue weighted by Crippen LogP contribution is 2.23. The lowest BCUT2D eigenvalue weighted by Crippen LogP contribution is -2.16. The Morgan fingerprint density at radius 1 is 1.45 bits per heavy atom. The minimum Gasteiger partial charge on any atom is -0.377 e. The van der Waals surface area contributed by atoms with Crippen LogP contribution in [-0.2, 0) is 0 Å². The molecule has 0 aliphatic rings. The summed E-state index contributed by atoms with van der Waals surface area (Å²) in [7, 11) is 0. The smallest absolute Gasteiger partial charge is 0.377 e. The molecule has 1 aromatic heterocycles. The van der Waals surface area contributed by atoms with E-state index in [1.165, 1.54) is 6.92 Å². The van der Waals surface area contributed by atoms with Gasteiger partial charge in [-0.05, 0) is 6.92 Å². The molecular weight excluding hydrogens is 181 g/mol. The Hall–Kier alpha value is -0.850. The van der Waals surface area contributed by atoms with Crippen molar-refractivity contribution in [1.29, 1.82) is 0 Å².